The normalized spacial score (nSPS) is 21.4. The third-order valence-corrected chi connectivity index (χ3v) is 6.46. The number of piperidine rings is 1. The number of nitrogens with zero attached hydrogens (tertiary/aromatic N) is 2. The molecule has 2 aromatic rings. The Hall–Kier alpha value is -2.25. The van der Waals surface area contributed by atoms with Crippen molar-refractivity contribution in [3.8, 4) is 0 Å². The topological polar surface area (TPSA) is 71.5 Å². The van der Waals surface area contributed by atoms with Crippen molar-refractivity contribution in [2.45, 2.75) is 37.8 Å². The summed E-state index contributed by atoms with van der Waals surface area (Å²) >= 11 is 1.50. The molecule has 6 nitrogen and oxygen atoms in total. The summed E-state index contributed by atoms with van der Waals surface area (Å²) in [7, 11) is 0. The van der Waals surface area contributed by atoms with Gasteiger partial charge in [-0.15, -0.1) is 11.3 Å². The molecule has 2 fully saturated rings. The zero-order valence-corrected chi connectivity index (χ0v) is 16.1. The number of hydrogen-bond acceptors (Lipinski definition) is 5. The average molecular weight is 385 g/mol. The zero-order chi connectivity index (χ0) is 18.9. The highest BCUT2D eigenvalue weighted by atomic mass is 32.1. The second kappa shape index (κ2) is 7.40. The number of rotatable bonds is 3. The van der Waals surface area contributed by atoms with Crippen LogP contribution in [-0.2, 0) is 4.74 Å². The van der Waals surface area contributed by atoms with E-state index < -0.39 is 0 Å². The highest BCUT2D eigenvalue weighted by Gasteiger charge is 2.44. The average Bonchev–Trinajstić information content (AvgIpc) is 3.29. The van der Waals surface area contributed by atoms with E-state index >= 15 is 0 Å². The van der Waals surface area contributed by atoms with Crippen molar-refractivity contribution in [3.05, 3.63) is 52.0 Å². The Morgan fingerprint density at radius 1 is 1.30 bits per heavy atom. The van der Waals surface area contributed by atoms with Gasteiger partial charge in [0.05, 0.1) is 23.1 Å². The van der Waals surface area contributed by atoms with E-state index in [0.29, 0.717) is 25.4 Å². The first-order valence-electron chi connectivity index (χ1n) is 9.26. The van der Waals surface area contributed by atoms with Gasteiger partial charge in [0.25, 0.3) is 11.8 Å². The fourth-order valence-corrected chi connectivity index (χ4v) is 4.79. The van der Waals surface area contributed by atoms with Crippen molar-refractivity contribution >= 4 is 23.2 Å². The maximum atomic E-state index is 12.7. The first-order valence-corrected chi connectivity index (χ1v) is 10.1. The molecule has 4 rings (SSSR count). The molecule has 27 heavy (non-hydrogen) atoms. The second-order valence-electron chi connectivity index (χ2n) is 7.31. The number of thiophene rings is 1. The van der Waals surface area contributed by atoms with Gasteiger partial charge in [0.1, 0.15) is 5.69 Å². The molecule has 0 aliphatic carbocycles. The monoisotopic (exact) mass is 385 g/mol. The number of pyridine rings is 1. The predicted molar refractivity (Wildman–Crippen MR) is 103 cm³/mol. The van der Waals surface area contributed by atoms with Gasteiger partial charge in [-0.1, -0.05) is 6.07 Å². The van der Waals surface area contributed by atoms with Crippen LogP contribution < -0.4 is 5.32 Å². The van der Waals surface area contributed by atoms with E-state index in [-0.39, 0.29) is 23.5 Å². The molecule has 0 bridgehead atoms. The van der Waals surface area contributed by atoms with Crippen molar-refractivity contribution in [3.63, 3.8) is 0 Å². The van der Waals surface area contributed by atoms with E-state index in [0.717, 1.165) is 29.7 Å². The molecular formula is C20H23N3O3S. The molecule has 2 aliphatic rings. The number of carbonyl (C=O) groups is 2. The van der Waals surface area contributed by atoms with Crippen LogP contribution in [0.25, 0.3) is 0 Å². The van der Waals surface area contributed by atoms with Gasteiger partial charge in [-0.25, -0.2) is 0 Å². The highest BCUT2D eigenvalue weighted by Crippen LogP contribution is 2.36. The quantitative estimate of drug-likeness (QED) is 0.882. The molecular weight excluding hydrogens is 362 g/mol. The summed E-state index contributed by atoms with van der Waals surface area (Å²) in [6, 6.07) is 7.27. The number of aromatic nitrogens is 1. The zero-order valence-electron chi connectivity index (χ0n) is 15.3. The molecule has 0 aromatic carbocycles. The van der Waals surface area contributed by atoms with Gasteiger partial charge in [-0.3, -0.25) is 14.6 Å². The standard InChI is InChI=1S/C20H23N3O3S/c1-14-5-11-27-17(14)19(25)23-9-6-20(7-10-23)12-15(13-26-20)22-18(24)16-4-2-3-8-21-16/h2-5,8,11,15H,6-7,9-10,12-13H2,1H3,(H,22,24). The van der Waals surface area contributed by atoms with Gasteiger partial charge >= 0.3 is 0 Å². The second-order valence-corrected chi connectivity index (χ2v) is 8.22. The Balaban J connectivity index is 1.32. The van der Waals surface area contributed by atoms with E-state index in [1.807, 2.05) is 23.3 Å². The number of amides is 2. The molecule has 0 saturated carbocycles. The van der Waals surface area contributed by atoms with E-state index in [4.69, 9.17) is 4.74 Å². The first-order chi connectivity index (χ1) is 13.1. The van der Waals surface area contributed by atoms with Crippen LogP contribution in [0.4, 0.5) is 0 Å². The lowest BCUT2D eigenvalue weighted by atomic mass is 9.87. The molecule has 0 radical (unpaired) electrons. The molecule has 7 heteroatoms. The van der Waals surface area contributed by atoms with Gasteiger partial charge in [0.2, 0.25) is 0 Å². The van der Waals surface area contributed by atoms with Crippen LogP contribution in [0.5, 0.6) is 0 Å². The minimum atomic E-state index is -0.233. The van der Waals surface area contributed by atoms with E-state index in [2.05, 4.69) is 10.3 Å². The van der Waals surface area contributed by atoms with Crippen LogP contribution in [-0.4, -0.2) is 53.0 Å². The van der Waals surface area contributed by atoms with Crippen LogP contribution in [0, 0.1) is 6.92 Å². The summed E-state index contributed by atoms with van der Waals surface area (Å²) in [5.41, 5.74) is 1.23. The van der Waals surface area contributed by atoms with Gasteiger partial charge in [-0.05, 0) is 55.3 Å². The summed E-state index contributed by atoms with van der Waals surface area (Å²) in [5, 5.41) is 4.99. The van der Waals surface area contributed by atoms with Crippen LogP contribution in [0.15, 0.2) is 35.8 Å². The molecule has 4 heterocycles. The van der Waals surface area contributed by atoms with Crippen molar-refractivity contribution in [2.75, 3.05) is 19.7 Å². The molecule has 1 atom stereocenters. The number of likely N-dealkylation sites (tertiary alicyclic amines) is 1. The fraction of sp³-hybridized carbons (Fsp3) is 0.450. The Morgan fingerprint density at radius 3 is 2.78 bits per heavy atom. The van der Waals surface area contributed by atoms with Crippen LogP contribution >= 0.6 is 11.3 Å². The van der Waals surface area contributed by atoms with Crippen LogP contribution in [0.3, 0.4) is 0 Å². The third kappa shape index (κ3) is 3.75. The smallest absolute Gasteiger partial charge is 0.270 e. The van der Waals surface area contributed by atoms with Crippen molar-refractivity contribution < 1.29 is 14.3 Å². The van der Waals surface area contributed by atoms with Gasteiger partial charge < -0.3 is 15.0 Å². The SMILES string of the molecule is Cc1ccsc1C(=O)N1CCC2(CC1)CC(NC(=O)c1ccccn1)CO2. The number of aryl methyl sites for hydroxylation is 1. The van der Waals surface area contributed by atoms with Crippen molar-refractivity contribution in [1.29, 1.82) is 0 Å². The van der Waals surface area contributed by atoms with E-state index in [1.54, 1.807) is 24.4 Å². The largest absolute Gasteiger partial charge is 0.373 e. The van der Waals surface area contributed by atoms with Crippen molar-refractivity contribution in [1.82, 2.24) is 15.2 Å². The molecule has 142 valence electrons. The predicted octanol–water partition coefficient (Wildman–Crippen LogP) is 2.65. The number of carbonyl (C=O) groups excluding carboxylic acids is 2. The highest BCUT2D eigenvalue weighted by molar-refractivity contribution is 7.12. The number of ether oxygens (including phenoxy) is 1. The number of nitrogens with one attached hydrogen (secondary N) is 1. The minimum absolute atomic E-state index is 0.0127. The number of hydrogen-bond donors (Lipinski definition) is 1. The van der Waals surface area contributed by atoms with Gasteiger partial charge in [0.15, 0.2) is 0 Å². The van der Waals surface area contributed by atoms with Crippen LogP contribution in [0.1, 0.15) is 45.0 Å². The van der Waals surface area contributed by atoms with Gasteiger partial charge in [-0.2, -0.15) is 0 Å². The molecule has 1 spiro atoms. The lowest BCUT2D eigenvalue weighted by Crippen LogP contribution is -2.47. The molecule has 2 saturated heterocycles. The first kappa shape index (κ1) is 18.1. The summed E-state index contributed by atoms with van der Waals surface area (Å²) in [6.45, 7) is 3.87. The van der Waals surface area contributed by atoms with E-state index in [1.165, 1.54) is 11.3 Å². The Morgan fingerprint density at radius 2 is 2.11 bits per heavy atom. The van der Waals surface area contributed by atoms with Crippen LogP contribution in [0.2, 0.25) is 0 Å². The summed E-state index contributed by atoms with van der Waals surface area (Å²) in [5.74, 6) is -0.0441. The summed E-state index contributed by atoms with van der Waals surface area (Å²) in [4.78, 5) is 31.8. The molecule has 1 N–H and O–H groups in total. The summed E-state index contributed by atoms with van der Waals surface area (Å²) in [6.07, 6.45) is 4.01. The van der Waals surface area contributed by atoms with E-state index in [9.17, 15) is 9.59 Å². The summed E-state index contributed by atoms with van der Waals surface area (Å²) < 4.78 is 6.10. The van der Waals surface area contributed by atoms with Crippen molar-refractivity contribution in [2.24, 2.45) is 0 Å². The molecule has 2 aliphatic heterocycles. The maximum Gasteiger partial charge on any atom is 0.270 e. The fourth-order valence-electron chi connectivity index (χ4n) is 3.89. The lowest BCUT2D eigenvalue weighted by Gasteiger charge is -2.38. The molecule has 2 aromatic heterocycles. The maximum absolute atomic E-state index is 12.7. The Kier molecular flexibility index (Phi) is 4.97. The molecule has 1 unspecified atom stereocenters. The Bertz CT molecular complexity index is 828. The lowest BCUT2D eigenvalue weighted by molar-refractivity contribution is -0.0388. The van der Waals surface area contributed by atoms with Gasteiger partial charge in [0, 0.05) is 19.3 Å². The third-order valence-electron chi connectivity index (χ3n) is 5.46. The molecule has 2 amide bonds. The Labute approximate surface area is 162 Å². The minimum Gasteiger partial charge on any atom is -0.373 e.